The highest BCUT2D eigenvalue weighted by atomic mass is 32.1. The fourth-order valence-electron chi connectivity index (χ4n) is 3.65. The van der Waals surface area contributed by atoms with E-state index in [0.29, 0.717) is 0 Å². The van der Waals surface area contributed by atoms with Gasteiger partial charge in [-0.3, -0.25) is 9.97 Å². The van der Waals surface area contributed by atoms with Crippen molar-refractivity contribution < 1.29 is 0 Å². The summed E-state index contributed by atoms with van der Waals surface area (Å²) < 4.78 is 2.21. The van der Waals surface area contributed by atoms with Crippen LogP contribution in [0.2, 0.25) is 0 Å². The van der Waals surface area contributed by atoms with Gasteiger partial charge in [0.25, 0.3) is 0 Å². The molecule has 4 rings (SSSR count). The maximum atomic E-state index is 5.73. The first kappa shape index (κ1) is 18.6. The summed E-state index contributed by atoms with van der Waals surface area (Å²) in [7, 11) is 4.16. The van der Waals surface area contributed by atoms with Gasteiger partial charge >= 0.3 is 0 Å². The summed E-state index contributed by atoms with van der Waals surface area (Å²) in [6.45, 7) is 1.76. The Kier molecular flexibility index (Phi) is 5.36. The highest BCUT2D eigenvalue weighted by Gasteiger charge is 2.41. The number of nitrogens with one attached hydrogen (secondary N) is 1. The van der Waals surface area contributed by atoms with E-state index in [2.05, 4.69) is 68.1 Å². The van der Waals surface area contributed by atoms with Gasteiger partial charge in [-0.1, -0.05) is 6.07 Å². The second-order valence-corrected chi connectivity index (χ2v) is 7.52. The summed E-state index contributed by atoms with van der Waals surface area (Å²) in [6, 6.07) is 14.3. The van der Waals surface area contributed by atoms with Crippen molar-refractivity contribution in [3.63, 3.8) is 0 Å². The van der Waals surface area contributed by atoms with Crippen LogP contribution < -0.4 is 5.32 Å². The summed E-state index contributed by atoms with van der Waals surface area (Å²) >= 11 is 5.73. The van der Waals surface area contributed by atoms with Crippen molar-refractivity contribution in [1.29, 1.82) is 0 Å². The molecule has 1 N–H and O–H groups in total. The number of rotatable bonds is 6. The van der Waals surface area contributed by atoms with Crippen molar-refractivity contribution in [1.82, 2.24) is 29.7 Å². The Hall–Kier alpha value is -2.77. The maximum Gasteiger partial charge on any atom is 0.170 e. The van der Waals surface area contributed by atoms with Crippen molar-refractivity contribution in [3.8, 4) is 5.69 Å². The van der Waals surface area contributed by atoms with Gasteiger partial charge in [-0.15, -0.1) is 0 Å². The molecule has 4 heterocycles. The smallest absolute Gasteiger partial charge is 0.170 e. The lowest BCUT2D eigenvalue weighted by molar-refractivity contribution is 0.272. The van der Waals surface area contributed by atoms with Crippen molar-refractivity contribution in [3.05, 3.63) is 78.6 Å². The number of nitrogens with zero attached hydrogens (tertiary/aromatic N) is 5. The quantitative estimate of drug-likeness (QED) is 0.651. The van der Waals surface area contributed by atoms with Gasteiger partial charge in [0.15, 0.2) is 5.11 Å². The van der Waals surface area contributed by atoms with Crippen molar-refractivity contribution >= 4 is 17.3 Å². The molecule has 0 spiro atoms. The van der Waals surface area contributed by atoms with Crippen LogP contribution >= 0.6 is 12.2 Å². The van der Waals surface area contributed by atoms with Gasteiger partial charge in [-0.25, -0.2) is 0 Å². The van der Waals surface area contributed by atoms with Crippen LogP contribution in [0, 0.1) is 0 Å². The summed E-state index contributed by atoms with van der Waals surface area (Å²) in [5, 5.41) is 4.28. The van der Waals surface area contributed by atoms with E-state index in [0.717, 1.165) is 29.6 Å². The molecule has 3 aromatic rings. The normalized spacial score (nSPS) is 19.2. The third-order valence-corrected chi connectivity index (χ3v) is 5.36. The molecule has 0 amide bonds. The zero-order chi connectivity index (χ0) is 19.5. The summed E-state index contributed by atoms with van der Waals surface area (Å²) in [5.74, 6) is 0. The molecule has 0 saturated carbocycles. The number of likely N-dealkylation sites (N-methyl/N-ethyl adjacent to an activating group) is 1. The highest BCUT2D eigenvalue weighted by Crippen LogP contribution is 2.39. The molecule has 3 aromatic heterocycles. The van der Waals surface area contributed by atoms with Crippen LogP contribution in [0.4, 0.5) is 0 Å². The van der Waals surface area contributed by atoms with Crippen LogP contribution in [0.25, 0.3) is 5.69 Å². The van der Waals surface area contributed by atoms with Crippen LogP contribution in [0.3, 0.4) is 0 Å². The summed E-state index contributed by atoms with van der Waals surface area (Å²) in [4.78, 5) is 13.2. The van der Waals surface area contributed by atoms with Crippen molar-refractivity contribution in [2.24, 2.45) is 0 Å². The van der Waals surface area contributed by atoms with Crippen LogP contribution in [-0.2, 0) is 0 Å². The lowest BCUT2D eigenvalue weighted by atomic mass is 10.0. The van der Waals surface area contributed by atoms with Gasteiger partial charge in [-0.05, 0) is 62.7 Å². The molecule has 1 saturated heterocycles. The molecule has 2 atom stereocenters. The van der Waals surface area contributed by atoms with E-state index in [4.69, 9.17) is 12.2 Å². The lowest BCUT2D eigenvalue weighted by Gasteiger charge is -2.29. The Morgan fingerprint density at radius 2 is 1.89 bits per heavy atom. The Balaban J connectivity index is 1.77. The number of pyridine rings is 2. The molecular formula is C21H24N6S. The second-order valence-electron chi connectivity index (χ2n) is 7.13. The number of hydrogen-bond acceptors (Lipinski definition) is 4. The van der Waals surface area contributed by atoms with Gasteiger partial charge in [-0.2, -0.15) is 0 Å². The monoisotopic (exact) mass is 392 g/mol. The van der Waals surface area contributed by atoms with E-state index in [1.807, 2.05) is 42.9 Å². The molecular weight excluding hydrogens is 368 g/mol. The van der Waals surface area contributed by atoms with Gasteiger partial charge in [0.1, 0.15) is 0 Å². The number of thiocarbonyl (C=S) groups is 1. The van der Waals surface area contributed by atoms with Crippen molar-refractivity contribution in [2.75, 3.05) is 27.2 Å². The Labute approximate surface area is 170 Å². The molecule has 28 heavy (non-hydrogen) atoms. The van der Waals surface area contributed by atoms with E-state index in [1.165, 1.54) is 5.69 Å². The van der Waals surface area contributed by atoms with E-state index in [9.17, 15) is 0 Å². The van der Waals surface area contributed by atoms with E-state index < -0.39 is 0 Å². The summed E-state index contributed by atoms with van der Waals surface area (Å²) in [5.41, 5.74) is 3.25. The molecule has 1 aliphatic rings. The third kappa shape index (κ3) is 3.63. The Morgan fingerprint density at radius 1 is 1.07 bits per heavy atom. The minimum atomic E-state index is -0.00801. The van der Waals surface area contributed by atoms with E-state index >= 15 is 0 Å². The fourth-order valence-corrected chi connectivity index (χ4v) is 3.98. The lowest BCUT2D eigenvalue weighted by Crippen LogP contribution is -2.36. The fraction of sp³-hybridized carbons (Fsp3) is 0.286. The molecule has 1 fully saturated rings. The minimum Gasteiger partial charge on any atom is -0.352 e. The van der Waals surface area contributed by atoms with E-state index in [-0.39, 0.29) is 12.1 Å². The van der Waals surface area contributed by atoms with Crippen LogP contribution in [0.1, 0.15) is 23.5 Å². The topological polar surface area (TPSA) is 49.2 Å². The third-order valence-electron chi connectivity index (χ3n) is 5.01. The van der Waals surface area contributed by atoms with Crippen LogP contribution in [0.5, 0.6) is 0 Å². The predicted octanol–water partition coefficient (Wildman–Crippen LogP) is 2.80. The first-order valence-electron chi connectivity index (χ1n) is 9.35. The average Bonchev–Trinajstić information content (AvgIpc) is 3.32. The SMILES string of the molecule is CN(C)CCN1C(=S)N[C@H](c2ccccn2)[C@@H]1c1cccn1-c1ccncc1. The van der Waals surface area contributed by atoms with Crippen molar-refractivity contribution in [2.45, 2.75) is 12.1 Å². The predicted molar refractivity (Wildman–Crippen MR) is 114 cm³/mol. The van der Waals surface area contributed by atoms with Crippen LogP contribution in [0.15, 0.2) is 67.3 Å². The van der Waals surface area contributed by atoms with Gasteiger partial charge in [0, 0.05) is 49.3 Å². The number of aromatic nitrogens is 3. The first-order valence-corrected chi connectivity index (χ1v) is 9.76. The molecule has 144 valence electrons. The van der Waals surface area contributed by atoms with Crippen LogP contribution in [-0.4, -0.2) is 56.6 Å². The Bertz CT molecular complexity index is 924. The number of hydrogen-bond donors (Lipinski definition) is 1. The zero-order valence-electron chi connectivity index (χ0n) is 16.1. The molecule has 6 nitrogen and oxygen atoms in total. The molecule has 0 aromatic carbocycles. The maximum absolute atomic E-state index is 5.73. The Morgan fingerprint density at radius 3 is 2.61 bits per heavy atom. The van der Waals surface area contributed by atoms with Gasteiger partial charge in [0.05, 0.1) is 17.8 Å². The molecule has 1 aliphatic heterocycles. The summed E-state index contributed by atoms with van der Waals surface area (Å²) in [6.07, 6.45) is 7.56. The molecule has 7 heteroatoms. The molecule has 0 radical (unpaired) electrons. The standard InChI is InChI=1S/C21H24N6S/c1-25(2)14-15-27-20(19(24-21(27)28)17-6-3-4-10-23-17)18-7-5-13-26(18)16-8-11-22-12-9-16/h3-13,19-20H,14-15H2,1-2H3,(H,24,28)/t19-,20+/m1/s1. The molecule has 0 aliphatic carbocycles. The van der Waals surface area contributed by atoms with E-state index in [1.54, 1.807) is 0 Å². The highest BCUT2D eigenvalue weighted by molar-refractivity contribution is 7.80. The minimum absolute atomic E-state index is 0.00801. The van der Waals surface area contributed by atoms with Gasteiger partial charge in [0.2, 0.25) is 0 Å². The average molecular weight is 393 g/mol. The second kappa shape index (κ2) is 8.08. The largest absolute Gasteiger partial charge is 0.352 e. The zero-order valence-corrected chi connectivity index (χ0v) is 16.9. The molecule has 0 unspecified atom stereocenters. The van der Waals surface area contributed by atoms with Gasteiger partial charge < -0.3 is 19.7 Å². The molecule has 0 bridgehead atoms. The first-order chi connectivity index (χ1) is 13.6.